The van der Waals surface area contributed by atoms with E-state index in [4.69, 9.17) is 11.6 Å². The molecule has 3 atom stereocenters. The molecule has 1 aromatic rings. The minimum atomic E-state index is -0.0470. The summed E-state index contributed by atoms with van der Waals surface area (Å²) >= 11 is 7.95. The van der Waals surface area contributed by atoms with Crippen molar-refractivity contribution in [3.63, 3.8) is 0 Å². The maximum Gasteiger partial charge on any atom is 0.315 e. The van der Waals surface area contributed by atoms with Crippen LogP contribution < -0.4 is 10.6 Å². The van der Waals surface area contributed by atoms with Gasteiger partial charge in [-0.25, -0.2) is 4.79 Å². The van der Waals surface area contributed by atoms with E-state index in [-0.39, 0.29) is 23.9 Å². The summed E-state index contributed by atoms with van der Waals surface area (Å²) < 4.78 is 0. The number of hydrogen-bond acceptors (Lipinski definition) is 3. The number of amides is 2. The molecule has 2 aliphatic rings. The van der Waals surface area contributed by atoms with Crippen LogP contribution in [0.4, 0.5) is 4.79 Å². The van der Waals surface area contributed by atoms with Crippen molar-refractivity contribution in [1.82, 2.24) is 10.6 Å². The quantitative estimate of drug-likeness (QED) is 0.475. The van der Waals surface area contributed by atoms with Crippen LogP contribution in [0.15, 0.2) is 24.3 Å². The van der Waals surface area contributed by atoms with Crippen LogP contribution in [-0.4, -0.2) is 34.9 Å². The van der Waals surface area contributed by atoms with Crippen molar-refractivity contribution < 1.29 is 9.59 Å². The van der Waals surface area contributed by atoms with Gasteiger partial charge in [0.1, 0.15) is 0 Å². The lowest BCUT2D eigenvalue weighted by molar-refractivity contribution is 0.0979. The summed E-state index contributed by atoms with van der Waals surface area (Å²) in [6.45, 7) is 0. The largest absolute Gasteiger partial charge is 0.332 e. The highest BCUT2D eigenvalue weighted by molar-refractivity contribution is 8.00. The predicted molar refractivity (Wildman–Crippen MR) is 89.7 cm³/mol. The Kier molecular flexibility index (Phi) is 4.93. The number of nitrogens with one attached hydrogen (secondary N) is 2. The number of rotatable bonds is 6. The van der Waals surface area contributed by atoms with Gasteiger partial charge in [-0.2, -0.15) is 11.8 Å². The van der Waals surface area contributed by atoms with Crippen LogP contribution in [0.5, 0.6) is 0 Å². The Hall–Kier alpha value is -1.20. The molecule has 2 saturated heterocycles. The molecule has 1 aromatic carbocycles. The SMILES string of the molecule is O=C1N[C@H]2[C@H](CS[C@H]2CCCCC(=O)c2ccccc2Cl)N1. The smallest absolute Gasteiger partial charge is 0.315 e. The van der Waals surface area contributed by atoms with Crippen LogP contribution in [0.1, 0.15) is 36.0 Å². The van der Waals surface area contributed by atoms with E-state index in [2.05, 4.69) is 10.6 Å². The highest BCUT2D eigenvalue weighted by Crippen LogP contribution is 2.33. The van der Waals surface area contributed by atoms with Crippen molar-refractivity contribution in [3.8, 4) is 0 Å². The van der Waals surface area contributed by atoms with E-state index in [1.165, 1.54) is 0 Å². The number of fused-ring (bicyclic) bond motifs is 1. The number of thioether (sulfide) groups is 1. The van der Waals surface area contributed by atoms with E-state index in [0.717, 1.165) is 25.0 Å². The zero-order chi connectivity index (χ0) is 15.5. The molecular formula is C16H19ClN2O2S. The molecule has 0 radical (unpaired) electrons. The van der Waals surface area contributed by atoms with E-state index >= 15 is 0 Å². The molecule has 22 heavy (non-hydrogen) atoms. The van der Waals surface area contributed by atoms with E-state index < -0.39 is 0 Å². The van der Waals surface area contributed by atoms with E-state index in [1.807, 2.05) is 23.9 Å². The minimum absolute atomic E-state index is 0.0470. The number of urea groups is 1. The summed E-state index contributed by atoms with van der Waals surface area (Å²) in [4.78, 5) is 23.5. The molecule has 0 aromatic heterocycles. The Morgan fingerprint density at radius 2 is 2.09 bits per heavy atom. The molecular weight excluding hydrogens is 320 g/mol. The summed E-state index contributed by atoms with van der Waals surface area (Å²) in [5.74, 6) is 1.09. The second-order valence-electron chi connectivity index (χ2n) is 5.77. The summed E-state index contributed by atoms with van der Waals surface area (Å²) in [6.07, 6.45) is 3.41. The number of halogens is 1. The average molecular weight is 339 g/mol. The third-order valence-corrected chi connectivity index (χ3v) is 6.09. The molecule has 2 heterocycles. The molecule has 2 fully saturated rings. The van der Waals surface area contributed by atoms with Crippen LogP contribution in [0.25, 0.3) is 0 Å². The Morgan fingerprint density at radius 3 is 2.91 bits per heavy atom. The lowest BCUT2D eigenvalue weighted by atomic mass is 10.0. The van der Waals surface area contributed by atoms with Gasteiger partial charge in [0, 0.05) is 23.0 Å². The highest BCUT2D eigenvalue weighted by Gasteiger charge is 2.42. The molecule has 2 amide bonds. The lowest BCUT2D eigenvalue weighted by Crippen LogP contribution is -2.36. The van der Waals surface area contributed by atoms with Crippen LogP contribution in [-0.2, 0) is 0 Å². The van der Waals surface area contributed by atoms with Gasteiger partial charge in [-0.05, 0) is 25.0 Å². The minimum Gasteiger partial charge on any atom is -0.332 e. The molecule has 6 heteroatoms. The van der Waals surface area contributed by atoms with Crippen molar-refractivity contribution in [1.29, 1.82) is 0 Å². The molecule has 0 spiro atoms. The number of ketones is 1. The van der Waals surface area contributed by atoms with Crippen LogP contribution in [0.3, 0.4) is 0 Å². The third-order valence-electron chi connectivity index (χ3n) is 4.25. The fourth-order valence-corrected chi connectivity index (χ4v) is 4.88. The molecule has 4 nitrogen and oxygen atoms in total. The maximum atomic E-state index is 12.1. The molecule has 118 valence electrons. The van der Waals surface area contributed by atoms with Crippen LogP contribution in [0, 0.1) is 0 Å². The first-order valence-electron chi connectivity index (χ1n) is 7.61. The van der Waals surface area contributed by atoms with Crippen molar-refractivity contribution in [2.75, 3.05) is 5.75 Å². The maximum absolute atomic E-state index is 12.1. The number of unbranched alkanes of at least 4 members (excludes halogenated alkanes) is 1. The molecule has 2 N–H and O–H groups in total. The predicted octanol–water partition coefficient (Wildman–Crippen LogP) is 3.25. The molecule has 3 rings (SSSR count). The van der Waals surface area contributed by atoms with Gasteiger partial charge in [0.2, 0.25) is 0 Å². The van der Waals surface area contributed by atoms with E-state index in [1.54, 1.807) is 12.1 Å². The Morgan fingerprint density at radius 1 is 1.27 bits per heavy atom. The zero-order valence-corrected chi connectivity index (χ0v) is 13.8. The fraction of sp³-hybridized carbons (Fsp3) is 0.500. The highest BCUT2D eigenvalue weighted by atomic mass is 35.5. The summed E-state index contributed by atoms with van der Waals surface area (Å²) in [7, 11) is 0. The molecule has 0 aliphatic carbocycles. The standard InChI is InChI=1S/C16H19ClN2O2S/c17-11-6-2-1-5-10(11)13(20)7-3-4-8-14-15-12(9-22-14)18-16(21)19-15/h1-2,5-6,12,14-15H,3-4,7-9H2,(H2,18,19,21)/t12-,14-,15-/m0/s1. The topological polar surface area (TPSA) is 58.2 Å². The molecule has 0 unspecified atom stereocenters. The summed E-state index contributed by atoms with van der Waals surface area (Å²) in [6, 6.07) is 7.67. The number of carbonyl (C=O) groups excluding carboxylic acids is 2. The normalized spacial score (nSPS) is 26.4. The van der Waals surface area contributed by atoms with Gasteiger partial charge in [0.05, 0.1) is 17.1 Å². The van der Waals surface area contributed by atoms with Gasteiger partial charge in [-0.15, -0.1) is 0 Å². The first kappa shape index (κ1) is 15.7. The van der Waals surface area contributed by atoms with Crippen molar-refractivity contribution in [3.05, 3.63) is 34.9 Å². The first-order valence-corrected chi connectivity index (χ1v) is 9.04. The third kappa shape index (κ3) is 3.41. The van der Waals surface area contributed by atoms with Gasteiger partial charge in [0.15, 0.2) is 5.78 Å². The molecule has 0 saturated carbocycles. The summed E-state index contributed by atoms with van der Waals surface area (Å²) in [5.41, 5.74) is 0.617. The van der Waals surface area contributed by atoms with Crippen LogP contribution >= 0.6 is 23.4 Å². The second kappa shape index (κ2) is 6.92. The van der Waals surface area contributed by atoms with Gasteiger partial charge < -0.3 is 10.6 Å². The monoisotopic (exact) mass is 338 g/mol. The van der Waals surface area contributed by atoms with Crippen molar-refractivity contribution in [2.24, 2.45) is 0 Å². The number of hydrogen-bond donors (Lipinski definition) is 2. The van der Waals surface area contributed by atoms with Gasteiger partial charge in [-0.1, -0.05) is 30.2 Å². The molecule has 2 aliphatic heterocycles. The fourth-order valence-electron chi connectivity index (χ4n) is 3.10. The van der Waals surface area contributed by atoms with Crippen LogP contribution in [0.2, 0.25) is 5.02 Å². The number of carbonyl (C=O) groups is 2. The van der Waals surface area contributed by atoms with Crippen molar-refractivity contribution in [2.45, 2.75) is 43.0 Å². The Labute approximate surface area is 139 Å². The van der Waals surface area contributed by atoms with E-state index in [9.17, 15) is 9.59 Å². The number of Topliss-reactive ketones (excluding diaryl/α,β-unsaturated/α-hetero) is 1. The number of benzene rings is 1. The Balaban J connectivity index is 1.42. The molecule has 0 bridgehead atoms. The van der Waals surface area contributed by atoms with Gasteiger partial charge in [0.25, 0.3) is 0 Å². The van der Waals surface area contributed by atoms with Gasteiger partial charge in [-0.3, -0.25) is 4.79 Å². The van der Waals surface area contributed by atoms with E-state index in [0.29, 0.717) is 22.3 Å². The zero-order valence-electron chi connectivity index (χ0n) is 12.2. The van der Waals surface area contributed by atoms with Gasteiger partial charge >= 0.3 is 6.03 Å². The average Bonchev–Trinajstić information content (AvgIpc) is 3.03. The lowest BCUT2D eigenvalue weighted by Gasteiger charge is -2.16. The summed E-state index contributed by atoms with van der Waals surface area (Å²) in [5, 5.41) is 6.92. The first-order chi connectivity index (χ1) is 10.6. The second-order valence-corrected chi connectivity index (χ2v) is 7.45. The van der Waals surface area contributed by atoms with Crippen molar-refractivity contribution >= 4 is 35.2 Å². The Bertz CT molecular complexity index is 581.